The number of hydrogen-bond donors (Lipinski definition) is 2. The highest BCUT2D eigenvalue weighted by Gasteiger charge is 2.21. The van der Waals surface area contributed by atoms with Crippen LogP contribution in [0.1, 0.15) is 38.4 Å². The van der Waals surface area contributed by atoms with Crippen molar-refractivity contribution in [2.75, 3.05) is 36.4 Å². The lowest BCUT2D eigenvalue weighted by Gasteiger charge is -2.37. The number of anilines is 3. The number of H-pyrrole nitrogens is 1. The maximum atomic E-state index is 11.7. The Hall–Kier alpha value is -2.91. The van der Waals surface area contributed by atoms with Gasteiger partial charge in [-0.1, -0.05) is 19.1 Å². The molecule has 3 aromatic rings. The van der Waals surface area contributed by atoms with Gasteiger partial charge in [-0.2, -0.15) is 5.10 Å². The Balaban J connectivity index is 1.55. The number of carbonyl (C=O) groups is 1. The number of Topliss-reactive ketones (excluding diaryl/α,β-unsaturated/α-hetero) is 1. The standard InChI is InChI=1S/C25H33N7OS/c1-5-20(33)15-19-6-8-21(9-7-19)34-25-27-22(26-23-14-18(4)29-30-23)16-24(28-25)32-12-10-31(11-13-32)17(2)3/h6-9,14,16-17H,5,10-13,15H2,1-4H3,(H2,26,27,28,29,30). The smallest absolute Gasteiger partial charge is 0.196 e. The van der Waals surface area contributed by atoms with Crippen LogP contribution in [0.2, 0.25) is 0 Å². The summed E-state index contributed by atoms with van der Waals surface area (Å²) in [7, 11) is 0. The van der Waals surface area contributed by atoms with E-state index in [1.807, 2.05) is 50.2 Å². The first-order valence-electron chi connectivity index (χ1n) is 11.8. The molecule has 1 fully saturated rings. The number of hydrogen-bond acceptors (Lipinski definition) is 8. The largest absolute Gasteiger partial charge is 0.354 e. The molecule has 1 saturated heterocycles. The second-order valence-electron chi connectivity index (χ2n) is 8.89. The molecule has 0 saturated carbocycles. The van der Waals surface area contributed by atoms with Crippen LogP contribution in [0.15, 0.2) is 46.5 Å². The van der Waals surface area contributed by atoms with Crippen molar-refractivity contribution in [1.29, 1.82) is 0 Å². The van der Waals surface area contributed by atoms with E-state index in [2.05, 4.69) is 39.2 Å². The van der Waals surface area contributed by atoms with Crippen LogP contribution in [-0.4, -0.2) is 63.1 Å². The van der Waals surface area contributed by atoms with E-state index in [4.69, 9.17) is 9.97 Å². The first-order chi connectivity index (χ1) is 16.4. The molecule has 9 heteroatoms. The molecular formula is C25H33N7OS. The second kappa shape index (κ2) is 11.0. The van der Waals surface area contributed by atoms with Crippen molar-refractivity contribution in [2.45, 2.75) is 56.6 Å². The van der Waals surface area contributed by atoms with Crippen molar-refractivity contribution in [3.8, 4) is 0 Å². The summed E-state index contributed by atoms with van der Waals surface area (Å²) in [6.07, 6.45) is 1.04. The first kappa shape index (κ1) is 24.2. The van der Waals surface area contributed by atoms with Crippen molar-refractivity contribution >= 4 is 35.0 Å². The van der Waals surface area contributed by atoms with Gasteiger partial charge in [0, 0.05) is 67.8 Å². The number of aromatic amines is 1. The molecule has 0 amide bonds. The van der Waals surface area contributed by atoms with Gasteiger partial charge in [0.1, 0.15) is 17.4 Å². The molecule has 0 bridgehead atoms. The highest BCUT2D eigenvalue weighted by molar-refractivity contribution is 7.99. The molecule has 0 unspecified atom stereocenters. The minimum atomic E-state index is 0.248. The number of ketones is 1. The van der Waals surface area contributed by atoms with Gasteiger partial charge in [0.25, 0.3) is 0 Å². The minimum absolute atomic E-state index is 0.248. The van der Waals surface area contributed by atoms with Gasteiger partial charge in [-0.05, 0) is 50.2 Å². The third-order valence-electron chi connectivity index (χ3n) is 5.95. The molecule has 1 aliphatic rings. The Morgan fingerprint density at radius 2 is 1.82 bits per heavy atom. The lowest BCUT2D eigenvalue weighted by atomic mass is 10.1. The van der Waals surface area contributed by atoms with Crippen molar-refractivity contribution in [1.82, 2.24) is 25.1 Å². The average molecular weight is 480 g/mol. The SMILES string of the molecule is CCC(=O)Cc1ccc(Sc2nc(Nc3cc(C)[nH]n3)cc(N3CCN(C(C)C)CC3)n2)cc1. The van der Waals surface area contributed by atoms with Crippen LogP contribution in [0.3, 0.4) is 0 Å². The molecule has 2 N–H and O–H groups in total. The molecule has 0 aliphatic carbocycles. The molecule has 1 aromatic carbocycles. The molecule has 0 atom stereocenters. The fraction of sp³-hybridized carbons (Fsp3) is 0.440. The number of benzene rings is 1. The molecule has 2 aromatic heterocycles. The number of nitrogens with one attached hydrogen (secondary N) is 2. The van der Waals surface area contributed by atoms with Gasteiger partial charge < -0.3 is 10.2 Å². The highest BCUT2D eigenvalue weighted by Crippen LogP contribution is 2.30. The number of carbonyl (C=O) groups excluding carboxylic acids is 1. The average Bonchev–Trinajstić information content (AvgIpc) is 3.24. The van der Waals surface area contributed by atoms with Crippen molar-refractivity contribution in [3.63, 3.8) is 0 Å². The van der Waals surface area contributed by atoms with Crippen LogP contribution in [0.5, 0.6) is 0 Å². The van der Waals surface area contributed by atoms with E-state index < -0.39 is 0 Å². The van der Waals surface area contributed by atoms with Gasteiger partial charge in [0.05, 0.1) is 0 Å². The van der Waals surface area contributed by atoms with E-state index in [-0.39, 0.29) is 5.78 Å². The lowest BCUT2D eigenvalue weighted by molar-refractivity contribution is -0.118. The molecular weight excluding hydrogens is 446 g/mol. The predicted octanol–water partition coefficient (Wildman–Crippen LogP) is 4.45. The van der Waals surface area contributed by atoms with Gasteiger partial charge in [0.2, 0.25) is 0 Å². The molecule has 180 valence electrons. The van der Waals surface area contributed by atoms with Crippen LogP contribution >= 0.6 is 11.8 Å². The Morgan fingerprint density at radius 1 is 1.09 bits per heavy atom. The van der Waals surface area contributed by atoms with E-state index in [0.717, 1.165) is 59.8 Å². The molecule has 0 spiro atoms. The van der Waals surface area contributed by atoms with Crippen LogP contribution < -0.4 is 10.2 Å². The van der Waals surface area contributed by atoms with Crippen LogP contribution in [0.25, 0.3) is 0 Å². The number of nitrogens with zero attached hydrogens (tertiary/aromatic N) is 5. The Morgan fingerprint density at radius 3 is 2.44 bits per heavy atom. The molecule has 4 rings (SSSR count). The summed E-state index contributed by atoms with van der Waals surface area (Å²) in [5.41, 5.74) is 2.02. The van der Waals surface area contributed by atoms with Crippen molar-refractivity contribution < 1.29 is 4.79 Å². The highest BCUT2D eigenvalue weighted by atomic mass is 32.2. The Kier molecular flexibility index (Phi) is 7.84. The second-order valence-corrected chi connectivity index (χ2v) is 9.93. The molecule has 3 heterocycles. The van der Waals surface area contributed by atoms with E-state index in [1.54, 1.807) is 0 Å². The zero-order chi connectivity index (χ0) is 24.1. The van der Waals surface area contributed by atoms with E-state index in [0.29, 0.717) is 24.0 Å². The maximum Gasteiger partial charge on any atom is 0.196 e. The molecule has 34 heavy (non-hydrogen) atoms. The molecule has 1 aliphatic heterocycles. The Labute approximate surface area is 205 Å². The number of rotatable bonds is 9. The Bertz CT molecular complexity index is 1100. The van der Waals surface area contributed by atoms with E-state index in [9.17, 15) is 4.79 Å². The zero-order valence-electron chi connectivity index (χ0n) is 20.3. The van der Waals surface area contributed by atoms with Gasteiger partial charge >= 0.3 is 0 Å². The lowest BCUT2D eigenvalue weighted by Crippen LogP contribution is -2.49. The van der Waals surface area contributed by atoms with Gasteiger partial charge in [-0.3, -0.25) is 14.8 Å². The fourth-order valence-corrected chi connectivity index (χ4v) is 4.66. The summed E-state index contributed by atoms with van der Waals surface area (Å²) in [4.78, 5) is 27.2. The zero-order valence-corrected chi connectivity index (χ0v) is 21.2. The monoisotopic (exact) mass is 479 g/mol. The fourth-order valence-electron chi connectivity index (χ4n) is 3.90. The maximum absolute atomic E-state index is 11.7. The van der Waals surface area contributed by atoms with Crippen LogP contribution in [-0.2, 0) is 11.2 Å². The first-order valence-corrected chi connectivity index (χ1v) is 12.7. The predicted molar refractivity (Wildman–Crippen MR) is 137 cm³/mol. The van der Waals surface area contributed by atoms with Gasteiger partial charge in [-0.15, -0.1) is 0 Å². The quantitative estimate of drug-likeness (QED) is 0.435. The number of piperazine rings is 1. The summed E-state index contributed by atoms with van der Waals surface area (Å²) in [5, 5.41) is 11.2. The van der Waals surface area contributed by atoms with Crippen LogP contribution in [0, 0.1) is 6.92 Å². The van der Waals surface area contributed by atoms with E-state index in [1.165, 1.54) is 11.8 Å². The number of aryl methyl sites for hydroxylation is 1. The number of aromatic nitrogens is 4. The van der Waals surface area contributed by atoms with Crippen molar-refractivity contribution in [3.05, 3.63) is 47.7 Å². The van der Waals surface area contributed by atoms with Crippen molar-refractivity contribution in [2.24, 2.45) is 0 Å². The van der Waals surface area contributed by atoms with Gasteiger partial charge in [-0.25, -0.2) is 9.97 Å². The molecule has 0 radical (unpaired) electrons. The summed E-state index contributed by atoms with van der Waals surface area (Å²) in [6, 6.07) is 12.6. The summed E-state index contributed by atoms with van der Waals surface area (Å²) < 4.78 is 0. The molecule has 8 nitrogen and oxygen atoms in total. The normalized spacial score (nSPS) is 14.6. The van der Waals surface area contributed by atoms with E-state index >= 15 is 0 Å². The summed E-state index contributed by atoms with van der Waals surface area (Å²) in [5.74, 6) is 2.61. The minimum Gasteiger partial charge on any atom is -0.354 e. The third kappa shape index (κ3) is 6.36. The summed E-state index contributed by atoms with van der Waals surface area (Å²) >= 11 is 1.52. The van der Waals surface area contributed by atoms with Crippen LogP contribution in [0.4, 0.5) is 17.5 Å². The topological polar surface area (TPSA) is 90.0 Å². The van der Waals surface area contributed by atoms with Gasteiger partial charge in [0.15, 0.2) is 11.0 Å². The third-order valence-corrected chi connectivity index (χ3v) is 6.82. The summed E-state index contributed by atoms with van der Waals surface area (Å²) in [6.45, 7) is 12.2.